The Hall–Kier alpha value is -1.55. The predicted octanol–water partition coefficient (Wildman–Crippen LogP) is 3.20. The number of nitrogens with one attached hydrogen (secondary N) is 1. The largest absolute Gasteiger partial charge is 0.495 e. The Kier molecular flexibility index (Phi) is 2.87. The summed E-state index contributed by atoms with van der Waals surface area (Å²) in [5.41, 5.74) is 2.12. The van der Waals surface area contributed by atoms with Crippen molar-refractivity contribution in [3.05, 3.63) is 35.3 Å². The molecule has 1 heterocycles. The van der Waals surface area contributed by atoms with Gasteiger partial charge in [0.2, 0.25) is 0 Å². The van der Waals surface area contributed by atoms with Crippen LogP contribution >= 0.6 is 11.3 Å². The van der Waals surface area contributed by atoms with E-state index in [0.717, 1.165) is 16.6 Å². The fraction of sp³-hybridized carbons (Fsp3) is 0.182. The predicted molar refractivity (Wildman–Crippen MR) is 63.1 cm³/mol. The summed E-state index contributed by atoms with van der Waals surface area (Å²) in [5.74, 6) is 0.838. The van der Waals surface area contributed by atoms with Crippen LogP contribution in [-0.4, -0.2) is 12.1 Å². The first-order chi connectivity index (χ1) is 7.29. The van der Waals surface area contributed by atoms with Crippen molar-refractivity contribution in [2.45, 2.75) is 6.92 Å². The molecule has 15 heavy (non-hydrogen) atoms. The maximum atomic E-state index is 5.29. The van der Waals surface area contributed by atoms with E-state index in [1.165, 1.54) is 5.56 Å². The highest BCUT2D eigenvalue weighted by Crippen LogP contribution is 2.28. The number of ether oxygens (including phenoxy) is 1. The Morgan fingerprint density at radius 1 is 1.40 bits per heavy atom. The standard InChI is InChI=1S/C11H12N2OS/c1-8-3-4-9(10(7-8)14-2)13-11-12-5-6-15-11/h3-7H,1-2H3,(H,12,13). The zero-order valence-corrected chi connectivity index (χ0v) is 9.47. The van der Waals surface area contributed by atoms with Crippen molar-refractivity contribution < 1.29 is 4.74 Å². The molecule has 0 amide bonds. The quantitative estimate of drug-likeness (QED) is 0.862. The molecule has 0 atom stereocenters. The van der Waals surface area contributed by atoms with E-state index in [4.69, 9.17) is 4.74 Å². The Balaban J connectivity index is 2.28. The first-order valence-electron chi connectivity index (χ1n) is 4.61. The van der Waals surface area contributed by atoms with Crippen molar-refractivity contribution in [1.82, 2.24) is 4.98 Å². The second-order valence-electron chi connectivity index (χ2n) is 3.17. The molecule has 0 bridgehead atoms. The minimum Gasteiger partial charge on any atom is -0.495 e. The van der Waals surface area contributed by atoms with Gasteiger partial charge in [0.15, 0.2) is 5.13 Å². The number of rotatable bonds is 3. The molecule has 1 aromatic carbocycles. The summed E-state index contributed by atoms with van der Waals surface area (Å²) in [5, 5.41) is 6.02. The molecular formula is C11H12N2OS. The lowest BCUT2D eigenvalue weighted by Crippen LogP contribution is -1.94. The molecule has 0 saturated heterocycles. The summed E-state index contributed by atoms with van der Waals surface area (Å²) in [4.78, 5) is 4.16. The topological polar surface area (TPSA) is 34.1 Å². The average molecular weight is 220 g/mol. The SMILES string of the molecule is COc1cc(C)ccc1Nc1nccs1. The molecule has 2 aromatic rings. The van der Waals surface area contributed by atoms with Crippen LogP contribution < -0.4 is 10.1 Å². The molecular weight excluding hydrogens is 208 g/mol. The second-order valence-corrected chi connectivity index (χ2v) is 4.06. The first kappa shape index (κ1) is 9.98. The van der Waals surface area contributed by atoms with Gasteiger partial charge in [-0.3, -0.25) is 0 Å². The fourth-order valence-electron chi connectivity index (χ4n) is 1.30. The van der Waals surface area contributed by atoms with Gasteiger partial charge in [-0.1, -0.05) is 6.07 Å². The van der Waals surface area contributed by atoms with Gasteiger partial charge in [-0.05, 0) is 24.6 Å². The Bertz CT molecular complexity index is 440. The van der Waals surface area contributed by atoms with E-state index in [1.54, 1.807) is 24.6 Å². The number of thiazole rings is 1. The number of nitrogens with zero attached hydrogens (tertiary/aromatic N) is 1. The van der Waals surface area contributed by atoms with Gasteiger partial charge in [-0.2, -0.15) is 0 Å². The van der Waals surface area contributed by atoms with Crippen LogP contribution in [0.4, 0.5) is 10.8 Å². The zero-order chi connectivity index (χ0) is 10.7. The minimum absolute atomic E-state index is 0.838. The number of anilines is 2. The minimum atomic E-state index is 0.838. The number of aromatic nitrogens is 1. The van der Waals surface area contributed by atoms with E-state index in [1.807, 2.05) is 30.5 Å². The van der Waals surface area contributed by atoms with Crippen LogP contribution in [-0.2, 0) is 0 Å². The molecule has 0 spiro atoms. The summed E-state index contributed by atoms with van der Waals surface area (Å²) in [6, 6.07) is 6.03. The number of benzene rings is 1. The first-order valence-corrected chi connectivity index (χ1v) is 5.49. The number of aryl methyl sites for hydroxylation is 1. The lowest BCUT2D eigenvalue weighted by molar-refractivity contribution is 0.416. The van der Waals surface area contributed by atoms with Crippen molar-refractivity contribution in [2.75, 3.05) is 12.4 Å². The number of hydrogen-bond donors (Lipinski definition) is 1. The summed E-state index contributed by atoms with van der Waals surface area (Å²) < 4.78 is 5.29. The molecule has 78 valence electrons. The molecule has 0 radical (unpaired) electrons. The Labute approximate surface area is 92.7 Å². The molecule has 0 aliphatic rings. The average Bonchev–Trinajstić information content (AvgIpc) is 2.73. The van der Waals surface area contributed by atoms with E-state index < -0.39 is 0 Å². The molecule has 0 unspecified atom stereocenters. The van der Waals surface area contributed by atoms with Gasteiger partial charge in [0, 0.05) is 11.6 Å². The van der Waals surface area contributed by atoms with Crippen molar-refractivity contribution >= 4 is 22.2 Å². The normalized spacial score (nSPS) is 10.0. The van der Waals surface area contributed by atoms with Crippen LogP contribution in [0.2, 0.25) is 0 Å². The van der Waals surface area contributed by atoms with Gasteiger partial charge in [-0.25, -0.2) is 4.98 Å². The lowest BCUT2D eigenvalue weighted by Gasteiger charge is -2.09. The van der Waals surface area contributed by atoms with E-state index >= 15 is 0 Å². The number of hydrogen-bond acceptors (Lipinski definition) is 4. The second kappa shape index (κ2) is 4.31. The summed E-state index contributed by atoms with van der Waals surface area (Å²) >= 11 is 1.56. The van der Waals surface area contributed by atoms with Gasteiger partial charge in [0.05, 0.1) is 12.8 Å². The third-order valence-corrected chi connectivity index (χ3v) is 2.72. The van der Waals surface area contributed by atoms with Crippen molar-refractivity contribution in [3.63, 3.8) is 0 Å². The van der Waals surface area contributed by atoms with E-state index in [9.17, 15) is 0 Å². The Morgan fingerprint density at radius 2 is 2.27 bits per heavy atom. The third-order valence-electron chi connectivity index (χ3n) is 2.03. The van der Waals surface area contributed by atoms with Crippen molar-refractivity contribution in [1.29, 1.82) is 0 Å². The van der Waals surface area contributed by atoms with Crippen LogP contribution in [0.25, 0.3) is 0 Å². The van der Waals surface area contributed by atoms with Crippen LogP contribution in [0.15, 0.2) is 29.8 Å². The summed E-state index contributed by atoms with van der Waals surface area (Å²) in [6.45, 7) is 2.04. The fourth-order valence-corrected chi connectivity index (χ4v) is 1.84. The molecule has 0 aliphatic carbocycles. The molecule has 1 N–H and O–H groups in total. The zero-order valence-electron chi connectivity index (χ0n) is 8.65. The number of methoxy groups -OCH3 is 1. The van der Waals surface area contributed by atoms with Gasteiger partial charge in [-0.15, -0.1) is 11.3 Å². The van der Waals surface area contributed by atoms with E-state index in [2.05, 4.69) is 10.3 Å². The maximum Gasteiger partial charge on any atom is 0.187 e. The molecule has 3 nitrogen and oxygen atoms in total. The van der Waals surface area contributed by atoms with Gasteiger partial charge in [0.1, 0.15) is 5.75 Å². The third kappa shape index (κ3) is 2.27. The van der Waals surface area contributed by atoms with Crippen LogP contribution in [0.5, 0.6) is 5.75 Å². The monoisotopic (exact) mass is 220 g/mol. The van der Waals surface area contributed by atoms with Crippen LogP contribution in [0, 0.1) is 6.92 Å². The van der Waals surface area contributed by atoms with Gasteiger partial charge < -0.3 is 10.1 Å². The maximum absolute atomic E-state index is 5.29. The van der Waals surface area contributed by atoms with Crippen LogP contribution in [0.1, 0.15) is 5.56 Å². The molecule has 0 saturated carbocycles. The molecule has 2 rings (SSSR count). The Morgan fingerprint density at radius 3 is 2.93 bits per heavy atom. The highest BCUT2D eigenvalue weighted by Gasteiger charge is 2.04. The van der Waals surface area contributed by atoms with Crippen molar-refractivity contribution in [3.8, 4) is 5.75 Å². The molecule has 0 aliphatic heterocycles. The highest BCUT2D eigenvalue weighted by molar-refractivity contribution is 7.13. The summed E-state index contributed by atoms with van der Waals surface area (Å²) in [7, 11) is 1.67. The smallest absolute Gasteiger partial charge is 0.187 e. The van der Waals surface area contributed by atoms with Gasteiger partial charge >= 0.3 is 0 Å². The van der Waals surface area contributed by atoms with E-state index in [0.29, 0.717) is 0 Å². The molecule has 4 heteroatoms. The highest BCUT2D eigenvalue weighted by atomic mass is 32.1. The molecule has 0 fully saturated rings. The van der Waals surface area contributed by atoms with Crippen LogP contribution in [0.3, 0.4) is 0 Å². The summed E-state index contributed by atoms with van der Waals surface area (Å²) in [6.07, 6.45) is 1.77. The van der Waals surface area contributed by atoms with E-state index in [-0.39, 0.29) is 0 Å². The van der Waals surface area contributed by atoms with Gasteiger partial charge in [0.25, 0.3) is 0 Å². The lowest BCUT2D eigenvalue weighted by atomic mass is 10.2. The molecule has 1 aromatic heterocycles. The van der Waals surface area contributed by atoms with Crippen molar-refractivity contribution in [2.24, 2.45) is 0 Å².